The molecule has 6 heteroatoms. The van der Waals surface area contributed by atoms with Crippen molar-refractivity contribution < 1.29 is 9.90 Å². The molecule has 2 unspecified atom stereocenters. The summed E-state index contributed by atoms with van der Waals surface area (Å²) in [6.07, 6.45) is 2.91. The van der Waals surface area contributed by atoms with Gasteiger partial charge < -0.3 is 15.7 Å². The zero-order valence-corrected chi connectivity index (χ0v) is 12.4. The van der Waals surface area contributed by atoms with E-state index in [9.17, 15) is 9.90 Å². The average Bonchev–Trinajstić information content (AvgIpc) is 2.66. The van der Waals surface area contributed by atoms with Crippen LogP contribution in [-0.4, -0.2) is 34.1 Å². The minimum Gasteiger partial charge on any atom is -0.397 e. The monoisotopic (exact) mass is 314 g/mol. The Morgan fingerprint density at radius 3 is 2.40 bits per heavy atom. The number of benzene rings is 1. The molecule has 2 atom stereocenters. The molecule has 20 heavy (non-hydrogen) atoms. The number of nitrogens with zero attached hydrogens (tertiary/aromatic N) is 1. The molecule has 2 aliphatic rings. The van der Waals surface area contributed by atoms with Crippen molar-refractivity contribution in [2.24, 2.45) is 0 Å². The van der Waals surface area contributed by atoms with Gasteiger partial charge in [-0.15, -0.1) is 0 Å². The van der Waals surface area contributed by atoms with E-state index in [0.29, 0.717) is 29.1 Å². The van der Waals surface area contributed by atoms with Crippen molar-refractivity contribution in [3.8, 4) is 0 Å². The fourth-order valence-corrected chi connectivity index (χ4v) is 3.70. The number of aliphatic hydroxyl groups excluding tert-OH is 1. The molecule has 2 aliphatic heterocycles. The average molecular weight is 315 g/mol. The molecule has 3 N–H and O–H groups in total. The molecule has 1 amide bonds. The summed E-state index contributed by atoms with van der Waals surface area (Å²) >= 11 is 11.9. The van der Waals surface area contributed by atoms with Crippen LogP contribution in [-0.2, 0) is 0 Å². The lowest BCUT2D eigenvalue weighted by Crippen LogP contribution is -2.48. The Bertz CT molecular complexity index is 527. The molecule has 0 aromatic heterocycles. The summed E-state index contributed by atoms with van der Waals surface area (Å²) in [6.45, 7) is 0. The normalized spacial score (nSPS) is 28.8. The fraction of sp³-hybridized carbons (Fsp3) is 0.500. The molecule has 0 aliphatic carbocycles. The number of anilines is 1. The van der Waals surface area contributed by atoms with Crippen LogP contribution in [0.5, 0.6) is 0 Å². The Hall–Kier alpha value is -0.970. The van der Waals surface area contributed by atoms with Gasteiger partial charge in [0.2, 0.25) is 0 Å². The number of carbonyl (C=O) groups is 1. The molecule has 4 nitrogen and oxygen atoms in total. The van der Waals surface area contributed by atoms with Gasteiger partial charge in [0.05, 0.1) is 21.8 Å². The van der Waals surface area contributed by atoms with Crippen molar-refractivity contribution in [3.05, 3.63) is 27.7 Å². The van der Waals surface area contributed by atoms with E-state index in [2.05, 4.69) is 0 Å². The van der Waals surface area contributed by atoms with E-state index in [-0.39, 0.29) is 29.1 Å². The highest BCUT2D eigenvalue weighted by Gasteiger charge is 2.43. The zero-order valence-electron chi connectivity index (χ0n) is 10.9. The largest absolute Gasteiger partial charge is 0.397 e. The van der Waals surface area contributed by atoms with Crippen molar-refractivity contribution in [1.82, 2.24) is 4.90 Å². The first-order chi connectivity index (χ1) is 9.47. The standard InChI is InChI=1S/C14H16Cl2N2O2/c15-11-3-7(4-12(17)13(11)16)14(20)18-8-1-2-9(18)6-10(19)5-8/h3-4,8-10,19H,1-2,5-6,17H2. The van der Waals surface area contributed by atoms with Gasteiger partial charge in [0, 0.05) is 17.6 Å². The maximum absolute atomic E-state index is 12.7. The van der Waals surface area contributed by atoms with Crippen LogP contribution >= 0.6 is 23.2 Å². The molecule has 2 bridgehead atoms. The summed E-state index contributed by atoms with van der Waals surface area (Å²) in [6, 6.07) is 3.37. The lowest BCUT2D eigenvalue weighted by atomic mass is 9.98. The highest BCUT2D eigenvalue weighted by atomic mass is 35.5. The molecule has 1 aromatic carbocycles. The van der Waals surface area contributed by atoms with Gasteiger partial charge >= 0.3 is 0 Å². The Kier molecular flexibility index (Phi) is 3.56. The Balaban J connectivity index is 1.90. The molecule has 108 valence electrons. The second-order valence-corrected chi connectivity index (χ2v) is 6.37. The van der Waals surface area contributed by atoms with Gasteiger partial charge in [-0.1, -0.05) is 23.2 Å². The maximum atomic E-state index is 12.7. The molecular formula is C14H16Cl2N2O2. The van der Waals surface area contributed by atoms with E-state index in [1.54, 1.807) is 12.1 Å². The summed E-state index contributed by atoms with van der Waals surface area (Å²) in [5, 5.41) is 10.4. The van der Waals surface area contributed by atoms with Crippen LogP contribution in [0.3, 0.4) is 0 Å². The SMILES string of the molecule is Nc1cc(C(=O)N2C3CCC2CC(O)C3)cc(Cl)c1Cl. The third-order valence-electron chi connectivity index (χ3n) is 4.25. The molecule has 1 aromatic rings. The highest BCUT2D eigenvalue weighted by Crippen LogP contribution is 2.38. The van der Waals surface area contributed by atoms with Gasteiger partial charge in [-0.3, -0.25) is 4.79 Å². The lowest BCUT2D eigenvalue weighted by Gasteiger charge is -2.37. The van der Waals surface area contributed by atoms with Gasteiger partial charge in [0.15, 0.2) is 0 Å². The first-order valence-electron chi connectivity index (χ1n) is 6.72. The van der Waals surface area contributed by atoms with Crippen LogP contribution in [0, 0.1) is 0 Å². The van der Waals surface area contributed by atoms with Gasteiger partial charge in [-0.2, -0.15) is 0 Å². The second-order valence-electron chi connectivity index (χ2n) is 5.58. The first-order valence-corrected chi connectivity index (χ1v) is 7.48. The minimum absolute atomic E-state index is 0.0744. The maximum Gasteiger partial charge on any atom is 0.254 e. The predicted octanol–water partition coefficient (Wildman–Crippen LogP) is 2.70. The van der Waals surface area contributed by atoms with E-state index in [0.717, 1.165) is 12.8 Å². The molecule has 0 saturated carbocycles. The molecule has 3 rings (SSSR count). The number of fused-ring (bicyclic) bond motifs is 2. The van der Waals surface area contributed by atoms with Crippen molar-refractivity contribution in [2.75, 3.05) is 5.73 Å². The molecule has 0 radical (unpaired) electrons. The second kappa shape index (κ2) is 5.10. The smallest absolute Gasteiger partial charge is 0.254 e. The highest BCUT2D eigenvalue weighted by molar-refractivity contribution is 6.43. The van der Waals surface area contributed by atoms with Crippen LogP contribution in [0.4, 0.5) is 5.69 Å². The number of aliphatic hydroxyl groups is 1. The summed E-state index contributed by atoms with van der Waals surface area (Å²) in [5.41, 5.74) is 6.54. The predicted molar refractivity (Wildman–Crippen MR) is 79.1 cm³/mol. The van der Waals surface area contributed by atoms with Crippen LogP contribution in [0.15, 0.2) is 12.1 Å². The third kappa shape index (κ3) is 2.26. The number of hydrogen-bond acceptors (Lipinski definition) is 3. The van der Waals surface area contributed by atoms with Crippen molar-refractivity contribution in [1.29, 1.82) is 0 Å². The summed E-state index contributed by atoms with van der Waals surface area (Å²) in [5.74, 6) is -0.0744. The van der Waals surface area contributed by atoms with E-state index >= 15 is 0 Å². The van der Waals surface area contributed by atoms with E-state index < -0.39 is 0 Å². The van der Waals surface area contributed by atoms with Crippen LogP contribution in [0.2, 0.25) is 10.0 Å². The van der Waals surface area contributed by atoms with Gasteiger partial charge in [-0.25, -0.2) is 0 Å². The summed E-state index contributed by atoms with van der Waals surface area (Å²) in [7, 11) is 0. The summed E-state index contributed by atoms with van der Waals surface area (Å²) < 4.78 is 0. The first kappa shape index (κ1) is 14.0. The quantitative estimate of drug-likeness (QED) is 0.783. The molecule has 0 spiro atoms. The fourth-order valence-electron chi connectivity index (χ4n) is 3.36. The molecule has 2 fully saturated rings. The molecule has 2 heterocycles. The minimum atomic E-state index is -0.296. The summed E-state index contributed by atoms with van der Waals surface area (Å²) in [4.78, 5) is 14.6. The number of halogens is 2. The third-order valence-corrected chi connectivity index (χ3v) is 5.06. The molecular weight excluding hydrogens is 299 g/mol. The number of nitrogen functional groups attached to an aromatic ring is 1. The van der Waals surface area contributed by atoms with Crippen LogP contribution < -0.4 is 5.73 Å². The Morgan fingerprint density at radius 1 is 1.25 bits per heavy atom. The van der Waals surface area contributed by atoms with Crippen molar-refractivity contribution in [3.63, 3.8) is 0 Å². The number of nitrogens with two attached hydrogens (primary N) is 1. The van der Waals surface area contributed by atoms with E-state index in [1.165, 1.54) is 0 Å². The number of carbonyl (C=O) groups excluding carboxylic acids is 1. The lowest BCUT2D eigenvalue weighted by molar-refractivity contribution is 0.0287. The Labute approximate surface area is 127 Å². The van der Waals surface area contributed by atoms with Crippen LogP contribution in [0.25, 0.3) is 0 Å². The number of rotatable bonds is 1. The van der Waals surface area contributed by atoms with Crippen molar-refractivity contribution >= 4 is 34.8 Å². The van der Waals surface area contributed by atoms with Crippen molar-refractivity contribution in [2.45, 2.75) is 43.9 Å². The Morgan fingerprint density at radius 2 is 1.85 bits per heavy atom. The number of piperidine rings is 1. The molecule has 2 saturated heterocycles. The van der Waals surface area contributed by atoms with Gasteiger partial charge in [0.1, 0.15) is 0 Å². The van der Waals surface area contributed by atoms with E-state index in [4.69, 9.17) is 28.9 Å². The zero-order chi connectivity index (χ0) is 14.4. The van der Waals surface area contributed by atoms with Gasteiger partial charge in [0.25, 0.3) is 5.91 Å². The number of hydrogen-bond donors (Lipinski definition) is 2. The topological polar surface area (TPSA) is 66.6 Å². The number of amides is 1. The van der Waals surface area contributed by atoms with E-state index in [1.807, 2.05) is 4.90 Å². The van der Waals surface area contributed by atoms with Crippen LogP contribution in [0.1, 0.15) is 36.0 Å². The van der Waals surface area contributed by atoms with Gasteiger partial charge in [-0.05, 0) is 37.8 Å².